The van der Waals surface area contributed by atoms with Gasteiger partial charge in [-0.1, -0.05) is 6.92 Å². The van der Waals surface area contributed by atoms with Crippen LogP contribution in [0.2, 0.25) is 0 Å². The summed E-state index contributed by atoms with van der Waals surface area (Å²) in [4.78, 5) is 0. The fourth-order valence-corrected chi connectivity index (χ4v) is 1.25. The minimum atomic E-state index is -0.130. The summed E-state index contributed by atoms with van der Waals surface area (Å²) in [5, 5.41) is 12.1. The summed E-state index contributed by atoms with van der Waals surface area (Å²) in [5.74, 6) is 0. The van der Waals surface area contributed by atoms with Crippen LogP contribution in [0.15, 0.2) is 0 Å². The van der Waals surface area contributed by atoms with E-state index in [1.54, 1.807) is 7.11 Å². The molecule has 0 fully saturated rings. The molecule has 1 N–H and O–H groups in total. The van der Waals surface area contributed by atoms with Crippen LogP contribution in [0, 0.1) is 11.3 Å². The number of hydrogen-bond acceptors (Lipinski definition) is 4. The molecule has 1 atom stereocenters. The van der Waals surface area contributed by atoms with Crippen molar-refractivity contribution in [3.05, 3.63) is 0 Å². The van der Waals surface area contributed by atoms with Gasteiger partial charge < -0.3 is 14.8 Å². The van der Waals surface area contributed by atoms with Crippen molar-refractivity contribution in [2.45, 2.75) is 51.7 Å². The Morgan fingerprint density at radius 3 is 2.59 bits per heavy atom. The molecule has 0 saturated heterocycles. The smallest absolute Gasteiger partial charge is 0.0975 e. The molecule has 0 radical (unpaired) electrons. The summed E-state index contributed by atoms with van der Waals surface area (Å²) in [6.45, 7) is 8.34. The molecule has 0 aromatic rings. The van der Waals surface area contributed by atoms with Crippen molar-refractivity contribution in [3.63, 3.8) is 0 Å². The van der Waals surface area contributed by atoms with Gasteiger partial charge in [-0.05, 0) is 39.7 Å². The molecule has 1 unspecified atom stereocenters. The van der Waals surface area contributed by atoms with Gasteiger partial charge in [0.25, 0.3) is 0 Å². The quantitative estimate of drug-likeness (QED) is 0.596. The molecule has 0 aromatic carbocycles. The van der Waals surface area contributed by atoms with Crippen LogP contribution in [0.25, 0.3) is 0 Å². The highest BCUT2D eigenvalue weighted by Crippen LogP contribution is 2.12. The van der Waals surface area contributed by atoms with E-state index in [1.807, 2.05) is 13.8 Å². The van der Waals surface area contributed by atoms with Crippen LogP contribution in [-0.2, 0) is 9.47 Å². The fraction of sp³-hybridized carbons (Fsp3) is 0.923. The van der Waals surface area contributed by atoms with Crippen LogP contribution >= 0.6 is 0 Å². The maximum absolute atomic E-state index is 8.89. The molecule has 0 rings (SSSR count). The van der Waals surface area contributed by atoms with Crippen molar-refractivity contribution in [1.82, 2.24) is 5.32 Å². The fourth-order valence-electron chi connectivity index (χ4n) is 1.25. The Balaban J connectivity index is 3.53. The van der Waals surface area contributed by atoms with Crippen LogP contribution < -0.4 is 5.32 Å². The Kier molecular flexibility index (Phi) is 9.06. The Bertz CT molecular complexity index is 224. The molecule has 0 aliphatic heterocycles. The highest BCUT2D eigenvalue weighted by Gasteiger charge is 2.15. The highest BCUT2D eigenvalue weighted by molar-refractivity contribution is 4.89. The van der Waals surface area contributed by atoms with Crippen LogP contribution in [-0.4, -0.2) is 38.5 Å². The first-order valence-electron chi connectivity index (χ1n) is 6.31. The molecule has 0 heterocycles. The third kappa shape index (κ3) is 9.11. The largest absolute Gasteiger partial charge is 0.381 e. The molecule has 0 aromatic heterocycles. The third-order valence-electron chi connectivity index (χ3n) is 2.75. The first kappa shape index (κ1) is 16.4. The highest BCUT2D eigenvalue weighted by atomic mass is 16.5. The average Bonchev–Trinajstić information content (AvgIpc) is 2.32. The second-order valence-corrected chi connectivity index (χ2v) is 4.75. The van der Waals surface area contributed by atoms with E-state index < -0.39 is 0 Å². The van der Waals surface area contributed by atoms with E-state index in [9.17, 15) is 0 Å². The molecule has 4 nitrogen and oxygen atoms in total. The Hall–Kier alpha value is -0.630. The van der Waals surface area contributed by atoms with Gasteiger partial charge in [0.05, 0.1) is 17.7 Å². The van der Waals surface area contributed by atoms with Crippen molar-refractivity contribution in [2.24, 2.45) is 0 Å². The van der Waals surface area contributed by atoms with Crippen molar-refractivity contribution in [3.8, 4) is 6.07 Å². The topological polar surface area (TPSA) is 54.3 Å². The number of nitriles is 1. The molecule has 4 heteroatoms. The van der Waals surface area contributed by atoms with Crippen LogP contribution in [0.3, 0.4) is 0 Å². The molecule has 0 aliphatic carbocycles. The predicted octanol–water partition coefficient (Wildman–Crippen LogP) is 2.10. The van der Waals surface area contributed by atoms with E-state index in [4.69, 9.17) is 14.7 Å². The lowest BCUT2D eigenvalue weighted by molar-refractivity contribution is -0.0103. The third-order valence-corrected chi connectivity index (χ3v) is 2.75. The van der Waals surface area contributed by atoms with Gasteiger partial charge in [-0.15, -0.1) is 0 Å². The number of ether oxygens (including phenoxy) is 2. The van der Waals surface area contributed by atoms with E-state index in [0.717, 1.165) is 25.8 Å². The standard InChI is InChI=1S/C13H26N2O2/c1-5-8-15-12(11-14)6-9-17-10-7-13(2,3)16-4/h12,15H,5-10H2,1-4H3. The lowest BCUT2D eigenvalue weighted by Crippen LogP contribution is -2.30. The maximum Gasteiger partial charge on any atom is 0.0975 e. The number of nitrogens with one attached hydrogen (secondary N) is 1. The number of methoxy groups -OCH3 is 1. The van der Waals surface area contributed by atoms with Gasteiger partial charge in [0.15, 0.2) is 0 Å². The second-order valence-electron chi connectivity index (χ2n) is 4.75. The van der Waals surface area contributed by atoms with Gasteiger partial charge in [0.2, 0.25) is 0 Å². The minimum Gasteiger partial charge on any atom is -0.381 e. The van der Waals surface area contributed by atoms with Crippen molar-refractivity contribution in [2.75, 3.05) is 26.9 Å². The summed E-state index contributed by atoms with van der Waals surface area (Å²) in [5.41, 5.74) is -0.130. The molecule has 17 heavy (non-hydrogen) atoms. The minimum absolute atomic E-state index is 0.0922. The predicted molar refractivity (Wildman–Crippen MR) is 68.8 cm³/mol. The van der Waals surface area contributed by atoms with Gasteiger partial charge >= 0.3 is 0 Å². The van der Waals surface area contributed by atoms with Gasteiger partial charge in [-0.2, -0.15) is 5.26 Å². The Morgan fingerprint density at radius 1 is 1.35 bits per heavy atom. The van der Waals surface area contributed by atoms with E-state index >= 15 is 0 Å². The van der Waals surface area contributed by atoms with E-state index in [0.29, 0.717) is 13.2 Å². The SMILES string of the molecule is CCCNC(C#N)CCOCCC(C)(C)OC. The van der Waals surface area contributed by atoms with Gasteiger partial charge in [0, 0.05) is 20.3 Å². The van der Waals surface area contributed by atoms with Gasteiger partial charge in [-0.25, -0.2) is 0 Å². The van der Waals surface area contributed by atoms with Crippen LogP contribution in [0.4, 0.5) is 0 Å². The van der Waals surface area contributed by atoms with E-state index in [-0.39, 0.29) is 11.6 Å². The van der Waals surface area contributed by atoms with Crippen molar-refractivity contribution in [1.29, 1.82) is 5.26 Å². The molecular weight excluding hydrogens is 216 g/mol. The van der Waals surface area contributed by atoms with Crippen molar-refractivity contribution >= 4 is 0 Å². The number of rotatable bonds is 10. The first-order chi connectivity index (χ1) is 8.05. The lowest BCUT2D eigenvalue weighted by atomic mass is 10.1. The normalized spacial score (nSPS) is 13.4. The zero-order chi connectivity index (χ0) is 13.1. The summed E-state index contributed by atoms with van der Waals surface area (Å²) in [7, 11) is 1.71. The lowest BCUT2D eigenvalue weighted by Gasteiger charge is -2.22. The van der Waals surface area contributed by atoms with E-state index in [1.165, 1.54) is 0 Å². The maximum atomic E-state index is 8.89. The number of hydrogen-bond donors (Lipinski definition) is 1. The van der Waals surface area contributed by atoms with E-state index in [2.05, 4.69) is 18.3 Å². The molecule has 0 aliphatic rings. The average molecular weight is 242 g/mol. The summed E-state index contributed by atoms with van der Waals surface area (Å²) >= 11 is 0. The molecule has 0 bridgehead atoms. The molecule has 100 valence electrons. The summed E-state index contributed by atoms with van der Waals surface area (Å²) < 4.78 is 10.8. The second kappa shape index (κ2) is 9.41. The van der Waals surface area contributed by atoms with Crippen molar-refractivity contribution < 1.29 is 9.47 Å². The molecule has 0 spiro atoms. The molecule has 0 saturated carbocycles. The van der Waals surface area contributed by atoms with Gasteiger partial charge in [-0.3, -0.25) is 0 Å². The molecule has 0 amide bonds. The Morgan fingerprint density at radius 2 is 2.06 bits per heavy atom. The van der Waals surface area contributed by atoms with Gasteiger partial charge in [0.1, 0.15) is 0 Å². The van der Waals surface area contributed by atoms with Crippen LogP contribution in [0.5, 0.6) is 0 Å². The summed E-state index contributed by atoms with van der Waals surface area (Å²) in [6.07, 6.45) is 2.65. The summed E-state index contributed by atoms with van der Waals surface area (Å²) in [6, 6.07) is 2.15. The zero-order valence-electron chi connectivity index (χ0n) is 11.6. The first-order valence-corrected chi connectivity index (χ1v) is 6.31. The monoisotopic (exact) mass is 242 g/mol. The van der Waals surface area contributed by atoms with Crippen LogP contribution in [0.1, 0.15) is 40.0 Å². The zero-order valence-corrected chi connectivity index (χ0v) is 11.6. The Labute approximate surface area is 105 Å². The molecular formula is C13H26N2O2. The number of nitrogens with zero attached hydrogens (tertiary/aromatic N) is 1.